The van der Waals surface area contributed by atoms with Crippen molar-refractivity contribution in [2.75, 3.05) is 19.7 Å². The van der Waals surface area contributed by atoms with Gasteiger partial charge in [0, 0.05) is 41.8 Å². The number of sulfonamides is 1. The van der Waals surface area contributed by atoms with Gasteiger partial charge in [0.25, 0.3) is 0 Å². The Morgan fingerprint density at radius 1 is 1.27 bits per heavy atom. The van der Waals surface area contributed by atoms with E-state index in [1.807, 2.05) is 0 Å². The van der Waals surface area contributed by atoms with Crippen LogP contribution in [0.3, 0.4) is 0 Å². The molecule has 3 aliphatic rings. The van der Waals surface area contributed by atoms with Crippen molar-refractivity contribution < 1.29 is 32.2 Å². The first-order valence-corrected chi connectivity index (χ1v) is 15.7. The van der Waals surface area contributed by atoms with Gasteiger partial charge in [-0.25, -0.2) is 26.9 Å². The highest BCUT2D eigenvalue weighted by atomic mass is 35.5. The molecule has 0 spiro atoms. The number of hydrogen-bond donors (Lipinski definition) is 2. The number of benzene rings is 1. The molecule has 1 aliphatic carbocycles. The van der Waals surface area contributed by atoms with Crippen LogP contribution >= 0.6 is 22.9 Å². The number of amidine groups is 1. The Labute approximate surface area is 240 Å². The maximum absolute atomic E-state index is 14.5. The van der Waals surface area contributed by atoms with E-state index in [-0.39, 0.29) is 49.1 Å². The van der Waals surface area contributed by atoms with E-state index in [9.17, 15) is 22.4 Å². The number of rotatable bonds is 8. The van der Waals surface area contributed by atoms with Crippen LogP contribution in [-0.4, -0.2) is 65.5 Å². The molecule has 14 heteroatoms. The van der Waals surface area contributed by atoms with E-state index in [1.165, 1.54) is 27.8 Å². The van der Waals surface area contributed by atoms with E-state index in [1.54, 1.807) is 24.6 Å². The number of piperidine rings is 1. The molecular formula is C26H28ClFN4O6S2. The van der Waals surface area contributed by atoms with Crippen molar-refractivity contribution in [1.29, 1.82) is 0 Å². The fraction of sp³-hybridized carbons (Fsp3) is 0.462. The summed E-state index contributed by atoms with van der Waals surface area (Å²) in [7, 11) is -3.64. The van der Waals surface area contributed by atoms with Crippen molar-refractivity contribution in [1.82, 2.24) is 14.6 Å². The van der Waals surface area contributed by atoms with E-state index in [4.69, 9.17) is 26.4 Å². The molecule has 3 heterocycles. The quantitative estimate of drug-likeness (QED) is 0.431. The Morgan fingerprint density at radius 3 is 2.62 bits per heavy atom. The van der Waals surface area contributed by atoms with Gasteiger partial charge >= 0.3 is 11.9 Å². The minimum Gasteiger partial charge on any atom is -0.481 e. The topological polar surface area (TPSA) is 138 Å². The summed E-state index contributed by atoms with van der Waals surface area (Å²) in [5.74, 6) is -2.74. The fourth-order valence-electron chi connectivity index (χ4n) is 5.35. The molecule has 2 fully saturated rings. The summed E-state index contributed by atoms with van der Waals surface area (Å²) in [4.78, 5) is 33.6. The predicted octanol–water partition coefficient (Wildman–Crippen LogP) is 3.75. The third kappa shape index (κ3) is 5.39. The molecule has 1 aromatic heterocycles. The highest BCUT2D eigenvalue weighted by Crippen LogP contribution is 2.41. The van der Waals surface area contributed by atoms with E-state index < -0.39 is 45.0 Å². The molecule has 0 bridgehead atoms. The standard InChI is InChI=1S/C26H28ClFN4O6S2/c1-2-38-26(35)19-21(14-6-9-32(10-7-14)40(36,37)16-12-15(13-16)25(33)34)30-23(24-29-8-11-39-24)31-22(19)17-4-3-5-18(28)20(17)27/h3-5,8,11,14-16,22H,2,6-7,9-10,12-13H2,1H3,(H,30,31)(H,33,34). The molecule has 1 saturated carbocycles. The Balaban J connectivity index is 1.48. The molecule has 1 atom stereocenters. The number of nitrogens with zero attached hydrogens (tertiary/aromatic N) is 3. The van der Waals surface area contributed by atoms with E-state index in [0.717, 1.165) is 0 Å². The van der Waals surface area contributed by atoms with Crippen molar-refractivity contribution in [2.45, 2.75) is 43.9 Å². The van der Waals surface area contributed by atoms with Gasteiger partial charge in [-0.15, -0.1) is 11.3 Å². The van der Waals surface area contributed by atoms with E-state index in [2.05, 4.69) is 10.3 Å². The molecule has 214 valence electrons. The maximum atomic E-state index is 14.5. The van der Waals surface area contributed by atoms with Gasteiger partial charge in [-0.3, -0.25) is 9.79 Å². The van der Waals surface area contributed by atoms with Gasteiger partial charge in [-0.2, -0.15) is 0 Å². The Kier molecular flexibility index (Phi) is 8.27. The molecule has 1 aromatic carbocycles. The average molecular weight is 611 g/mol. The molecular weight excluding hydrogens is 583 g/mol. The lowest BCUT2D eigenvalue weighted by Crippen LogP contribution is -2.50. The van der Waals surface area contributed by atoms with Gasteiger partial charge in [0.2, 0.25) is 10.0 Å². The number of thiazole rings is 1. The number of hydrogen-bond acceptors (Lipinski definition) is 9. The number of esters is 1. The lowest BCUT2D eigenvalue weighted by Gasteiger charge is -2.40. The number of nitrogens with one attached hydrogen (secondary N) is 1. The number of ether oxygens (including phenoxy) is 1. The number of aliphatic carboxylic acids is 1. The van der Waals surface area contributed by atoms with E-state index in [0.29, 0.717) is 34.9 Å². The zero-order valence-corrected chi connectivity index (χ0v) is 23.9. The minimum absolute atomic E-state index is 0.109. The molecule has 1 unspecified atom stereocenters. The van der Waals surface area contributed by atoms with Crippen LogP contribution in [-0.2, 0) is 24.3 Å². The van der Waals surface area contributed by atoms with Gasteiger partial charge in [0.05, 0.1) is 28.4 Å². The SMILES string of the molecule is CCOC(=O)C1=C(C2CCN(S(=O)(=O)C3CC(C(=O)O)C3)CC2)NC(c2nccs2)=NC1c1cccc(F)c1Cl. The van der Waals surface area contributed by atoms with Gasteiger partial charge < -0.3 is 15.2 Å². The molecule has 0 radical (unpaired) electrons. The second kappa shape index (κ2) is 11.6. The van der Waals surface area contributed by atoms with Gasteiger partial charge in [-0.1, -0.05) is 23.7 Å². The first kappa shape index (κ1) is 28.7. The normalized spacial score (nSPS) is 24.2. The third-order valence-corrected chi connectivity index (χ3v) is 11.1. The highest BCUT2D eigenvalue weighted by molar-refractivity contribution is 7.89. The molecule has 5 rings (SSSR count). The number of carboxylic acids is 1. The monoisotopic (exact) mass is 610 g/mol. The number of carbonyl (C=O) groups excluding carboxylic acids is 1. The van der Waals surface area contributed by atoms with Crippen LogP contribution in [0.2, 0.25) is 5.02 Å². The summed E-state index contributed by atoms with van der Waals surface area (Å²) in [6.07, 6.45) is 2.64. The molecule has 0 amide bonds. The van der Waals surface area contributed by atoms with Gasteiger partial charge in [0.1, 0.15) is 11.9 Å². The molecule has 1 saturated heterocycles. The summed E-state index contributed by atoms with van der Waals surface area (Å²) >= 11 is 7.71. The smallest absolute Gasteiger partial charge is 0.338 e. The molecule has 10 nitrogen and oxygen atoms in total. The lowest BCUT2D eigenvalue weighted by atomic mass is 9.85. The van der Waals surface area contributed by atoms with Crippen molar-refractivity contribution in [2.24, 2.45) is 16.8 Å². The number of aliphatic imine (C=N–C) groups is 1. The summed E-state index contributed by atoms with van der Waals surface area (Å²) in [5.41, 5.74) is 1.02. The van der Waals surface area contributed by atoms with Gasteiger partial charge in [0.15, 0.2) is 10.8 Å². The summed E-state index contributed by atoms with van der Waals surface area (Å²) in [6.45, 7) is 2.20. The van der Waals surface area contributed by atoms with Crippen LogP contribution in [0.1, 0.15) is 49.2 Å². The zero-order valence-electron chi connectivity index (χ0n) is 21.5. The first-order valence-electron chi connectivity index (χ1n) is 12.9. The zero-order chi connectivity index (χ0) is 28.6. The molecule has 2 N–H and O–H groups in total. The van der Waals surface area contributed by atoms with Crippen LogP contribution in [0, 0.1) is 17.7 Å². The average Bonchev–Trinajstić information content (AvgIpc) is 3.44. The summed E-state index contributed by atoms with van der Waals surface area (Å²) < 4.78 is 47.6. The Morgan fingerprint density at radius 2 is 2.00 bits per heavy atom. The van der Waals surface area contributed by atoms with Crippen molar-refractivity contribution >= 4 is 50.7 Å². The predicted molar refractivity (Wildman–Crippen MR) is 147 cm³/mol. The third-order valence-electron chi connectivity index (χ3n) is 7.57. The van der Waals surface area contributed by atoms with Crippen molar-refractivity contribution in [3.8, 4) is 0 Å². The number of allylic oxidation sites excluding steroid dienone is 1. The molecule has 40 heavy (non-hydrogen) atoms. The number of carboxylic acid groups (broad SMARTS) is 1. The lowest BCUT2D eigenvalue weighted by molar-refractivity contribution is -0.144. The highest BCUT2D eigenvalue weighted by Gasteiger charge is 2.46. The first-order chi connectivity index (χ1) is 19.1. The van der Waals surface area contributed by atoms with Crippen molar-refractivity contribution in [3.63, 3.8) is 0 Å². The Bertz CT molecular complexity index is 1470. The van der Waals surface area contributed by atoms with Crippen LogP contribution in [0.4, 0.5) is 4.39 Å². The van der Waals surface area contributed by atoms with Crippen LogP contribution in [0.15, 0.2) is 46.0 Å². The van der Waals surface area contributed by atoms with Crippen molar-refractivity contribution in [3.05, 3.63) is 62.5 Å². The van der Waals surface area contributed by atoms with Crippen LogP contribution < -0.4 is 5.32 Å². The number of aromatic nitrogens is 1. The summed E-state index contributed by atoms with van der Waals surface area (Å²) in [5, 5.41) is 13.9. The maximum Gasteiger partial charge on any atom is 0.338 e. The van der Waals surface area contributed by atoms with Crippen LogP contribution in [0.25, 0.3) is 0 Å². The largest absolute Gasteiger partial charge is 0.481 e. The molecule has 2 aromatic rings. The van der Waals surface area contributed by atoms with E-state index >= 15 is 0 Å². The molecule has 2 aliphatic heterocycles. The minimum atomic E-state index is -3.64. The summed E-state index contributed by atoms with van der Waals surface area (Å²) in [6, 6.07) is 3.36. The second-order valence-corrected chi connectivity index (χ2v) is 13.4. The Hall–Kier alpha value is -2.87. The second-order valence-electron chi connectivity index (χ2n) is 9.88. The fourth-order valence-corrected chi connectivity index (χ4v) is 8.26. The number of carbonyl (C=O) groups is 2. The van der Waals surface area contributed by atoms with Crippen LogP contribution in [0.5, 0.6) is 0 Å². The van der Waals surface area contributed by atoms with Gasteiger partial charge in [-0.05, 0) is 38.7 Å². The number of halogens is 2.